The molecule has 3 aromatic heterocycles. The van der Waals surface area contributed by atoms with Gasteiger partial charge in [0, 0.05) is 30.5 Å². The van der Waals surface area contributed by atoms with E-state index >= 15 is 0 Å². The van der Waals surface area contributed by atoms with Gasteiger partial charge in [-0.2, -0.15) is 0 Å². The quantitative estimate of drug-likeness (QED) is 0.607. The summed E-state index contributed by atoms with van der Waals surface area (Å²) in [5.74, 6) is 0.961. The van der Waals surface area contributed by atoms with Gasteiger partial charge in [0.2, 0.25) is 0 Å². The van der Waals surface area contributed by atoms with Crippen molar-refractivity contribution in [2.24, 2.45) is 7.05 Å². The van der Waals surface area contributed by atoms with Crippen LogP contribution >= 0.6 is 0 Å². The van der Waals surface area contributed by atoms with Crippen LogP contribution in [0.1, 0.15) is 43.7 Å². The number of rotatable bonds is 6. The number of ether oxygens (including phenoxy) is 1. The SMILES string of the molecule is CCS(=O)(=O)Cc1cc2nc(C3CCC3)oc2c(-c2cc(OC)c(=O)n(C)c2)n1. The number of fused-ring (bicyclic) bond motifs is 1. The van der Waals surface area contributed by atoms with Crippen molar-refractivity contribution in [2.75, 3.05) is 12.9 Å². The molecule has 4 rings (SSSR count). The number of nitrogens with zero attached hydrogens (tertiary/aromatic N) is 3. The van der Waals surface area contributed by atoms with Gasteiger partial charge in [0.1, 0.15) is 11.2 Å². The second kappa shape index (κ2) is 7.29. The normalized spacial score (nSPS) is 14.9. The van der Waals surface area contributed by atoms with Crippen LogP contribution in [0.15, 0.2) is 27.5 Å². The lowest BCUT2D eigenvalue weighted by Crippen LogP contribution is -2.18. The highest BCUT2D eigenvalue weighted by molar-refractivity contribution is 7.90. The van der Waals surface area contributed by atoms with Crippen molar-refractivity contribution in [1.29, 1.82) is 0 Å². The Morgan fingerprint density at radius 3 is 2.66 bits per heavy atom. The molecule has 0 aromatic carbocycles. The third-order valence-corrected chi connectivity index (χ3v) is 6.96. The van der Waals surface area contributed by atoms with E-state index in [1.807, 2.05) is 0 Å². The monoisotopic (exact) mass is 417 g/mol. The van der Waals surface area contributed by atoms with E-state index in [0.29, 0.717) is 33.9 Å². The third-order valence-electron chi connectivity index (χ3n) is 5.35. The van der Waals surface area contributed by atoms with E-state index < -0.39 is 9.84 Å². The zero-order chi connectivity index (χ0) is 20.8. The van der Waals surface area contributed by atoms with E-state index in [-0.39, 0.29) is 28.7 Å². The van der Waals surface area contributed by atoms with Crippen LogP contribution in [0.4, 0.5) is 0 Å². The molecule has 1 fully saturated rings. The van der Waals surface area contributed by atoms with Gasteiger partial charge in [0.05, 0.1) is 18.6 Å². The lowest BCUT2D eigenvalue weighted by atomic mass is 9.85. The predicted molar refractivity (Wildman–Crippen MR) is 109 cm³/mol. The Balaban J connectivity index is 1.93. The molecule has 9 heteroatoms. The van der Waals surface area contributed by atoms with Crippen LogP contribution in [0.3, 0.4) is 0 Å². The molecule has 1 aliphatic rings. The maximum absolute atomic E-state index is 12.2. The molecule has 0 saturated heterocycles. The zero-order valence-electron chi connectivity index (χ0n) is 16.6. The number of oxazole rings is 1. The standard InChI is InChI=1S/C20H23N3O5S/c1-4-29(25,26)11-14-9-15-18(28-19(22-15)12-6-5-7-12)17(21-14)13-8-16(27-3)20(24)23(2)10-13/h8-10,12H,4-7,11H2,1-3H3. The summed E-state index contributed by atoms with van der Waals surface area (Å²) in [6.45, 7) is 1.61. The highest BCUT2D eigenvalue weighted by Gasteiger charge is 2.27. The Labute approximate surface area is 168 Å². The number of hydrogen-bond acceptors (Lipinski definition) is 7. The molecule has 0 bridgehead atoms. The highest BCUT2D eigenvalue weighted by Crippen LogP contribution is 2.39. The second-order valence-electron chi connectivity index (χ2n) is 7.38. The smallest absolute Gasteiger partial charge is 0.292 e. The molecule has 29 heavy (non-hydrogen) atoms. The van der Waals surface area contributed by atoms with Gasteiger partial charge in [0.15, 0.2) is 27.1 Å². The molecule has 3 aromatic rings. The van der Waals surface area contributed by atoms with Crippen molar-refractivity contribution in [3.05, 3.63) is 40.3 Å². The molecule has 0 spiro atoms. The summed E-state index contributed by atoms with van der Waals surface area (Å²) in [5.41, 5.74) is 2.24. The van der Waals surface area contributed by atoms with Gasteiger partial charge in [-0.15, -0.1) is 0 Å². The van der Waals surface area contributed by atoms with Crippen LogP contribution < -0.4 is 10.3 Å². The van der Waals surface area contributed by atoms with Gasteiger partial charge in [-0.3, -0.25) is 4.79 Å². The van der Waals surface area contributed by atoms with Crippen LogP contribution in [0.25, 0.3) is 22.4 Å². The number of methoxy groups -OCH3 is 1. The fourth-order valence-corrected chi connectivity index (χ4v) is 4.19. The average Bonchev–Trinajstić information content (AvgIpc) is 3.04. The summed E-state index contributed by atoms with van der Waals surface area (Å²) in [6, 6.07) is 3.27. The Bertz CT molecular complexity index is 1240. The first-order valence-corrected chi connectivity index (χ1v) is 11.4. The largest absolute Gasteiger partial charge is 0.491 e. The van der Waals surface area contributed by atoms with Gasteiger partial charge in [-0.05, 0) is 25.0 Å². The summed E-state index contributed by atoms with van der Waals surface area (Å²) in [4.78, 5) is 21.4. The summed E-state index contributed by atoms with van der Waals surface area (Å²) in [7, 11) is -0.222. The van der Waals surface area contributed by atoms with Gasteiger partial charge >= 0.3 is 0 Å². The average molecular weight is 417 g/mol. The van der Waals surface area contributed by atoms with Crippen LogP contribution in [-0.2, 0) is 22.6 Å². The van der Waals surface area contributed by atoms with E-state index in [1.165, 1.54) is 11.7 Å². The van der Waals surface area contributed by atoms with Crippen molar-refractivity contribution in [3.8, 4) is 17.0 Å². The van der Waals surface area contributed by atoms with E-state index in [4.69, 9.17) is 9.15 Å². The van der Waals surface area contributed by atoms with E-state index in [2.05, 4.69) is 9.97 Å². The van der Waals surface area contributed by atoms with Crippen LogP contribution in [0.2, 0.25) is 0 Å². The lowest BCUT2D eigenvalue weighted by molar-refractivity contribution is 0.344. The summed E-state index contributed by atoms with van der Waals surface area (Å²) in [5, 5.41) is 0. The zero-order valence-corrected chi connectivity index (χ0v) is 17.5. The summed E-state index contributed by atoms with van der Waals surface area (Å²) < 4.78 is 37.0. The van der Waals surface area contributed by atoms with E-state index in [1.54, 1.807) is 32.3 Å². The van der Waals surface area contributed by atoms with Crippen LogP contribution in [0, 0.1) is 0 Å². The molecule has 154 valence electrons. The molecule has 1 saturated carbocycles. The first-order chi connectivity index (χ1) is 13.8. The maximum atomic E-state index is 12.2. The minimum Gasteiger partial charge on any atom is -0.491 e. The molecule has 8 nitrogen and oxygen atoms in total. The van der Waals surface area contributed by atoms with Crippen LogP contribution in [0.5, 0.6) is 5.75 Å². The molecule has 0 amide bonds. The maximum Gasteiger partial charge on any atom is 0.292 e. The molecular formula is C20H23N3O5S. The first kappa shape index (κ1) is 19.6. The van der Waals surface area contributed by atoms with Gasteiger partial charge in [-0.25, -0.2) is 18.4 Å². The topological polar surface area (TPSA) is 104 Å². The fraction of sp³-hybridized carbons (Fsp3) is 0.450. The number of aromatic nitrogens is 3. The Morgan fingerprint density at radius 2 is 2.03 bits per heavy atom. The van der Waals surface area contributed by atoms with Crippen molar-refractivity contribution < 1.29 is 17.6 Å². The molecule has 3 heterocycles. The van der Waals surface area contributed by atoms with Crippen molar-refractivity contribution in [1.82, 2.24) is 14.5 Å². The van der Waals surface area contributed by atoms with E-state index in [9.17, 15) is 13.2 Å². The summed E-state index contributed by atoms with van der Waals surface area (Å²) in [6.07, 6.45) is 4.84. The molecule has 0 N–H and O–H groups in total. The molecule has 1 aliphatic carbocycles. The van der Waals surface area contributed by atoms with Gasteiger partial charge in [-0.1, -0.05) is 13.3 Å². The van der Waals surface area contributed by atoms with Crippen LogP contribution in [-0.4, -0.2) is 35.8 Å². The molecular weight excluding hydrogens is 394 g/mol. The summed E-state index contributed by atoms with van der Waals surface area (Å²) >= 11 is 0. The van der Waals surface area contributed by atoms with Crippen molar-refractivity contribution >= 4 is 20.9 Å². The number of hydrogen-bond donors (Lipinski definition) is 0. The number of aryl methyl sites for hydroxylation is 1. The first-order valence-electron chi connectivity index (χ1n) is 9.57. The van der Waals surface area contributed by atoms with Gasteiger partial charge < -0.3 is 13.7 Å². The number of sulfone groups is 1. The Hall–Kier alpha value is -2.68. The molecule has 0 radical (unpaired) electrons. The minimum atomic E-state index is -3.27. The highest BCUT2D eigenvalue weighted by atomic mass is 32.2. The Morgan fingerprint density at radius 1 is 1.28 bits per heavy atom. The van der Waals surface area contributed by atoms with Crippen molar-refractivity contribution in [2.45, 2.75) is 37.9 Å². The lowest BCUT2D eigenvalue weighted by Gasteiger charge is -2.21. The molecule has 0 atom stereocenters. The molecule has 0 unspecified atom stereocenters. The predicted octanol–water partition coefficient (Wildman–Crippen LogP) is 2.80. The van der Waals surface area contributed by atoms with E-state index in [0.717, 1.165) is 19.3 Å². The minimum absolute atomic E-state index is 0.0296. The van der Waals surface area contributed by atoms with Crippen molar-refractivity contribution in [3.63, 3.8) is 0 Å². The number of pyridine rings is 2. The third kappa shape index (κ3) is 3.66. The molecule has 0 aliphatic heterocycles. The fourth-order valence-electron chi connectivity index (χ4n) is 3.38. The second-order valence-corrected chi connectivity index (χ2v) is 9.73. The Kier molecular flexibility index (Phi) is 4.94. The van der Waals surface area contributed by atoms with Gasteiger partial charge in [0.25, 0.3) is 5.56 Å².